The average molecular weight is 291 g/mol. The summed E-state index contributed by atoms with van der Waals surface area (Å²) in [6.45, 7) is 10.7. The number of hydrogen-bond donors (Lipinski definition) is 1. The lowest BCUT2D eigenvalue weighted by Gasteiger charge is -2.27. The molecule has 0 aliphatic carbocycles. The number of rotatable bonds is 4. The third-order valence-electron chi connectivity index (χ3n) is 4.42. The van der Waals surface area contributed by atoms with E-state index in [4.69, 9.17) is 0 Å². The summed E-state index contributed by atoms with van der Waals surface area (Å²) in [5.41, 5.74) is 1.45. The van der Waals surface area contributed by atoms with Gasteiger partial charge in [0.2, 0.25) is 0 Å². The van der Waals surface area contributed by atoms with Gasteiger partial charge in [-0.25, -0.2) is 0 Å². The van der Waals surface area contributed by atoms with Crippen LogP contribution in [0.2, 0.25) is 19.6 Å². The van der Waals surface area contributed by atoms with Crippen molar-refractivity contribution < 1.29 is 0 Å². The van der Waals surface area contributed by atoms with Crippen LogP contribution < -0.4 is 10.5 Å². The molecule has 0 spiro atoms. The monoisotopic (exact) mass is 290 g/mol. The van der Waals surface area contributed by atoms with E-state index in [1.807, 2.05) is 0 Å². The molecule has 112 valence electrons. The zero-order chi connectivity index (χ0) is 14.6. The number of nitrogens with one attached hydrogen (secondary N) is 1. The van der Waals surface area contributed by atoms with E-state index in [1.165, 1.54) is 37.9 Å². The standard InChI is InChI=1S/C17H30N2Si/c1-19(16-6-5-12-18-13-11-16)14-15-7-9-17(10-8-15)20(2,3)4/h7-10,16,18H,5-6,11-14H2,1-4H3. The summed E-state index contributed by atoms with van der Waals surface area (Å²) in [4.78, 5) is 2.54. The quantitative estimate of drug-likeness (QED) is 0.858. The molecule has 0 bridgehead atoms. The Bertz CT molecular complexity index is 400. The van der Waals surface area contributed by atoms with Crippen LogP contribution in [-0.4, -0.2) is 39.2 Å². The Morgan fingerprint density at radius 3 is 2.45 bits per heavy atom. The van der Waals surface area contributed by atoms with Crippen LogP contribution in [0.1, 0.15) is 24.8 Å². The summed E-state index contributed by atoms with van der Waals surface area (Å²) in [6, 6.07) is 10.1. The highest BCUT2D eigenvalue weighted by Gasteiger charge is 2.18. The van der Waals surface area contributed by atoms with Crippen molar-refractivity contribution in [1.29, 1.82) is 0 Å². The molecule has 1 heterocycles. The maximum atomic E-state index is 3.50. The van der Waals surface area contributed by atoms with Gasteiger partial charge in [0.05, 0.1) is 8.07 Å². The van der Waals surface area contributed by atoms with Crippen LogP contribution in [0.4, 0.5) is 0 Å². The van der Waals surface area contributed by atoms with Gasteiger partial charge in [-0.1, -0.05) is 49.1 Å². The first kappa shape index (κ1) is 15.7. The first-order chi connectivity index (χ1) is 9.47. The van der Waals surface area contributed by atoms with Crippen LogP contribution in [0.25, 0.3) is 0 Å². The second-order valence-corrected chi connectivity index (χ2v) is 12.3. The van der Waals surface area contributed by atoms with Crippen molar-refractivity contribution in [1.82, 2.24) is 10.2 Å². The van der Waals surface area contributed by atoms with Crippen LogP contribution in [0.3, 0.4) is 0 Å². The fourth-order valence-electron chi connectivity index (χ4n) is 2.97. The van der Waals surface area contributed by atoms with Crippen molar-refractivity contribution in [3.05, 3.63) is 29.8 Å². The molecule has 3 heteroatoms. The van der Waals surface area contributed by atoms with Gasteiger partial charge in [0.15, 0.2) is 0 Å². The molecule has 1 aromatic carbocycles. The minimum atomic E-state index is -1.16. The van der Waals surface area contributed by atoms with Gasteiger partial charge in [-0.2, -0.15) is 0 Å². The van der Waals surface area contributed by atoms with Crippen LogP contribution in [0.15, 0.2) is 24.3 Å². The average Bonchev–Trinajstić information content (AvgIpc) is 2.67. The van der Waals surface area contributed by atoms with Gasteiger partial charge < -0.3 is 5.32 Å². The molecule has 1 aromatic rings. The lowest BCUT2D eigenvalue weighted by atomic mass is 10.1. The minimum Gasteiger partial charge on any atom is -0.317 e. The second kappa shape index (κ2) is 6.88. The smallest absolute Gasteiger partial charge is 0.0775 e. The Morgan fingerprint density at radius 1 is 1.10 bits per heavy atom. The van der Waals surface area contributed by atoms with Crippen LogP contribution in [0, 0.1) is 0 Å². The van der Waals surface area contributed by atoms with Gasteiger partial charge in [-0.05, 0) is 45.0 Å². The summed E-state index contributed by atoms with van der Waals surface area (Å²) in [7, 11) is 1.12. The molecule has 20 heavy (non-hydrogen) atoms. The molecular formula is C17H30N2Si. The van der Waals surface area contributed by atoms with E-state index >= 15 is 0 Å². The van der Waals surface area contributed by atoms with Gasteiger partial charge in [0.1, 0.15) is 0 Å². The molecule has 0 radical (unpaired) electrons. The Labute approximate surface area is 125 Å². The van der Waals surface area contributed by atoms with Crippen molar-refractivity contribution in [2.45, 2.75) is 51.5 Å². The van der Waals surface area contributed by atoms with E-state index < -0.39 is 8.07 Å². The molecule has 2 nitrogen and oxygen atoms in total. The molecule has 0 saturated carbocycles. The van der Waals surface area contributed by atoms with Gasteiger partial charge >= 0.3 is 0 Å². The maximum Gasteiger partial charge on any atom is 0.0775 e. The molecule has 0 amide bonds. The van der Waals surface area contributed by atoms with Gasteiger partial charge in [0.25, 0.3) is 0 Å². The Balaban J connectivity index is 1.95. The van der Waals surface area contributed by atoms with E-state index in [1.54, 1.807) is 5.19 Å². The molecule has 1 N–H and O–H groups in total. The molecule has 2 rings (SSSR count). The largest absolute Gasteiger partial charge is 0.317 e. The third-order valence-corrected chi connectivity index (χ3v) is 6.49. The lowest BCUT2D eigenvalue weighted by Crippen LogP contribution is -2.37. The Kier molecular flexibility index (Phi) is 5.41. The van der Waals surface area contributed by atoms with E-state index in [2.05, 4.69) is 61.2 Å². The molecule has 1 aliphatic rings. The highest BCUT2D eigenvalue weighted by atomic mass is 28.3. The summed E-state index contributed by atoms with van der Waals surface area (Å²) < 4.78 is 0. The number of hydrogen-bond acceptors (Lipinski definition) is 2. The SMILES string of the molecule is CN(Cc1ccc([Si](C)(C)C)cc1)C1CCCNCC1. The zero-order valence-electron chi connectivity index (χ0n) is 13.6. The molecule has 1 fully saturated rings. The summed E-state index contributed by atoms with van der Waals surface area (Å²) in [5.74, 6) is 0. The van der Waals surface area contributed by atoms with Crippen LogP contribution in [0.5, 0.6) is 0 Å². The highest BCUT2D eigenvalue weighted by Crippen LogP contribution is 2.15. The Morgan fingerprint density at radius 2 is 1.80 bits per heavy atom. The first-order valence-electron chi connectivity index (χ1n) is 7.97. The van der Waals surface area contributed by atoms with Crippen molar-refractivity contribution in [2.75, 3.05) is 20.1 Å². The summed E-state index contributed by atoms with van der Waals surface area (Å²) >= 11 is 0. The van der Waals surface area contributed by atoms with Gasteiger partial charge in [0, 0.05) is 12.6 Å². The molecular weight excluding hydrogens is 260 g/mol. The normalized spacial score (nSPS) is 20.9. The minimum absolute atomic E-state index is 0.738. The van der Waals surface area contributed by atoms with Crippen molar-refractivity contribution in [2.24, 2.45) is 0 Å². The zero-order valence-corrected chi connectivity index (χ0v) is 14.6. The third kappa shape index (κ3) is 4.44. The first-order valence-corrected chi connectivity index (χ1v) is 11.5. The van der Waals surface area contributed by atoms with Crippen LogP contribution in [-0.2, 0) is 6.54 Å². The van der Waals surface area contributed by atoms with E-state index in [9.17, 15) is 0 Å². The van der Waals surface area contributed by atoms with E-state index in [0.717, 1.165) is 12.6 Å². The molecule has 1 atom stereocenters. The second-order valence-electron chi connectivity index (χ2n) is 7.20. The topological polar surface area (TPSA) is 15.3 Å². The number of nitrogens with zero attached hydrogens (tertiary/aromatic N) is 1. The van der Waals surface area contributed by atoms with Crippen molar-refractivity contribution >= 4 is 13.3 Å². The summed E-state index contributed by atoms with van der Waals surface area (Å²) in [6.07, 6.45) is 3.92. The van der Waals surface area contributed by atoms with E-state index in [0.29, 0.717) is 0 Å². The van der Waals surface area contributed by atoms with Crippen molar-refractivity contribution in [3.8, 4) is 0 Å². The molecule has 0 aromatic heterocycles. The van der Waals surface area contributed by atoms with Crippen LogP contribution >= 0.6 is 0 Å². The summed E-state index contributed by atoms with van der Waals surface area (Å²) in [5, 5.41) is 5.06. The number of benzene rings is 1. The van der Waals surface area contributed by atoms with Gasteiger partial charge in [-0.15, -0.1) is 0 Å². The molecule has 1 saturated heterocycles. The van der Waals surface area contributed by atoms with Gasteiger partial charge in [-0.3, -0.25) is 4.90 Å². The predicted molar refractivity (Wildman–Crippen MR) is 91.4 cm³/mol. The Hall–Kier alpha value is -0.643. The predicted octanol–water partition coefficient (Wildman–Crippen LogP) is 2.81. The molecule has 1 aliphatic heterocycles. The maximum absolute atomic E-state index is 3.50. The van der Waals surface area contributed by atoms with Crippen molar-refractivity contribution in [3.63, 3.8) is 0 Å². The van der Waals surface area contributed by atoms with E-state index in [-0.39, 0.29) is 0 Å². The molecule has 1 unspecified atom stereocenters. The fourth-order valence-corrected chi connectivity index (χ4v) is 4.14. The fraction of sp³-hybridized carbons (Fsp3) is 0.647. The highest BCUT2D eigenvalue weighted by molar-refractivity contribution is 6.88. The lowest BCUT2D eigenvalue weighted by molar-refractivity contribution is 0.216.